The third-order valence-electron chi connectivity index (χ3n) is 15.0. The van der Waals surface area contributed by atoms with Gasteiger partial charge in [-0.2, -0.15) is 5.10 Å². The summed E-state index contributed by atoms with van der Waals surface area (Å²) in [6.45, 7) is 16.5. The molecule has 14 nitrogen and oxygen atoms in total. The number of aromatic amines is 1. The van der Waals surface area contributed by atoms with Gasteiger partial charge in [0.2, 0.25) is 11.8 Å². The fraction of sp³-hybridized carbons (Fsp3) is 0.564. The van der Waals surface area contributed by atoms with E-state index in [0.29, 0.717) is 47.7 Å². The highest BCUT2D eigenvalue weighted by Gasteiger charge is 2.36. The van der Waals surface area contributed by atoms with Crippen molar-refractivity contribution in [1.29, 1.82) is 0 Å². The number of hydrogen-bond acceptors (Lipinski definition) is 10. The Bertz CT molecular complexity index is 2400. The first-order valence-corrected chi connectivity index (χ1v) is 26.1. The van der Waals surface area contributed by atoms with Crippen molar-refractivity contribution in [2.75, 3.05) is 98.7 Å². The molecule has 2 unspecified atom stereocenters. The van der Waals surface area contributed by atoms with Gasteiger partial charge in [-0.1, -0.05) is 69.5 Å². The molecule has 1 aromatic heterocycles. The van der Waals surface area contributed by atoms with Crippen molar-refractivity contribution in [3.05, 3.63) is 111 Å². The first-order chi connectivity index (χ1) is 34.1. The van der Waals surface area contributed by atoms with Crippen LogP contribution >= 0.6 is 0 Å². The number of nitrogens with one attached hydrogen (secondary N) is 3. The van der Waals surface area contributed by atoms with Gasteiger partial charge in [-0.3, -0.25) is 33.8 Å². The quantitative estimate of drug-likeness (QED) is 0.145. The fourth-order valence-corrected chi connectivity index (χ4v) is 10.8. The van der Waals surface area contributed by atoms with Crippen molar-refractivity contribution < 1.29 is 23.6 Å². The Labute approximate surface area is 413 Å². The van der Waals surface area contributed by atoms with Crippen LogP contribution in [0, 0.1) is 17.7 Å². The number of nitrogens with zero attached hydrogens (tertiary/aromatic N) is 6. The second-order valence-corrected chi connectivity index (χ2v) is 19.7. The Balaban J connectivity index is 0.000000261. The van der Waals surface area contributed by atoms with Gasteiger partial charge in [0, 0.05) is 82.8 Å². The van der Waals surface area contributed by atoms with Crippen molar-refractivity contribution in [2.45, 2.75) is 90.0 Å². The molecule has 3 N–H and O–H groups in total. The van der Waals surface area contributed by atoms with Crippen molar-refractivity contribution >= 4 is 34.8 Å². The molecule has 0 bridgehead atoms. The number of benzene rings is 3. The van der Waals surface area contributed by atoms with Gasteiger partial charge < -0.3 is 25.3 Å². The number of carbonyl (C=O) groups is 4. The molecule has 2 atom stereocenters. The maximum absolute atomic E-state index is 14.1. The topological polar surface area (TPSA) is 154 Å². The molecule has 5 aliphatic rings. The zero-order chi connectivity index (χ0) is 49.4. The van der Waals surface area contributed by atoms with Crippen molar-refractivity contribution in [3.63, 3.8) is 0 Å². The van der Waals surface area contributed by atoms with Gasteiger partial charge >= 0.3 is 0 Å². The zero-order valence-corrected chi connectivity index (χ0v) is 41.8. The molecule has 15 heteroatoms. The van der Waals surface area contributed by atoms with Crippen LogP contribution < -0.4 is 16.2 Å². The van der Waals surface area contributed by atoms with E-state index in [0.717, 1.165) is 147 Å². The number of piperazine rings is 2. The van der Waals surface area contributed by atoms with Crippen LogP contribution in [0.5, 0.6) is 0 Å². The Hall–Kier alpha value is -5.35. The average Bonchev–Trinajstić information content (AvgIpc) is 3.41. The minimum absolute atomic E-state index is 0.0150. The Kier molecular flexibility index (Phi) is 19.6. The normalized spacial score (nSPS) is 20.4. The molecule has 70 heavy (non-hydrogen) atoms. The lowest BCUT2D eigenvalue weighted by molar-refractivity contribution is -0.137. The van der Waals surface area contributed by atoms with Gasteiger partial charge in [-0.25, -0.2) is 9.49 Å². The van der Waals surface area contributed by atoms with Gasteiger partial charge in [0.25, 0.3) is 11.5 Å². The van der Waals surface area contributed by atoms with E-state index >= 15 is 0 Å². The number of halogens is 1. The number of amides is 3. The van der Waals surface area contributed by atoms with Gasteiger partial charge in [-0.05, 0) is 124 Å². The van der Waals surface area contributed by atoms with E-state index in [1.807, 2.05) is 54.0 Å². The molecule has 9 rings (SSSR count). The number of likely N-dealkylation sites (tertiary alicyclic amines) is 1. The van der Waals surface area contributed by atoms with Crippen LogP contribution in [0.4, 0.5) is 4.39 Å². The fourth-order valence-electron chi connectivity index (χ4n) is 10.8. The molecule has 5 heterocycles. The number of likely N-dealkylation sites (N-methyl/N-ethyl adjacent to an activating group) is 1. The van der Waals surface area contributed by atoms with Crippen LogP contribution in [0.25, 0.3) is 10.8 Å². The van der Waals surface area contributed by atoms with E-state index in [4.69, 9.17) is 0 Å². The Morgan fingerprint density at radius 3 is 2.20 bits per heavy atom. The molecular weight excluding hydrogens is 886 g/mol. The van der Waals surface area contributed by atoms with Gasteiger partial charge in [0.15, 0.2) is 6.29 Å². The van der Waals surface area contributed by atoms with Gasteiger partial charge in [0.05, 0.1) is 23.2 Å². The van der Waals surface area contributed by atoms with E-state index in [1.165, 1.54) is 24.1 Å². The lowest BCUT2D eigenvalue weighted by Gasteiger charge is -2.41. The van der Waals surface area contributed by atoms with Crippen LogP contribution in [0.3, 0.4) is 0 Å². The van der Waals surface area contributed by atoms with E-state index in [9.17, 15) is 28.4 Å². The molecule has 1 saturated carbocycles. The van der Waals surface area contributed by atoms with E-state index in [-0.39, 0.29) is 34.8 Å². The second-order valence-electron chi connectivity index (χ2n) is 19.7. The first-order valence-electron chi connectivity index (χ1n) is 26.1. The van der Waals surface area contributed by atoms with E-state index in [1.54, 1.807) is 18.2 Å². The highest BCUT2D eigenvalue weighted by molar-refractivity contribution is 5.98. The average molecular weight is 962 g/mol. The minimum Gasteiger partial charge on any atom is -0.340 e. The molecule has 3 aromatic carbocycles. The predicted octanol–water partition coefficient (Wildman–Crippen LogP) is 5.95. The number of H-pyrrole nitrogens is 1. The molecule has 3 amide bonds. The summed E-state index contributed by atoms with van der Waals surface area (Å²) in [5, 5.41) is 14.6. The monoisotopic (exact) mass is 962 g/mol. The van der Waals surface area contributed by atoms with Crippen molar-refractivity contribution in [3.8, 4) is 0 Å². The maximum Gasteiger partial charge on any atom is 0.272 e. The zero-order valence-electron chi connectivity index (χ0n) is 41.8. The van der Waals surface area contributed by atoms with Crippen LogP contribution in [0.1, 0.15) is 115 Å². The van der Waals surface area contributed by atoms with E-state index < -0.39 is 11.9 Å². The molecule has 5 fully saturated rings. The third kappa shape index (κ3) is 14.2. The summed E-state index contributed by atoms with van der Waals surface area (Å²) >= 11 is 0. The summed E-state index contributed by atoms with van der Waals surface area (Å²) in [7, 11) is 2.12. The lowest BCUT2D eigenvalue weighted by atomic mass is 9.83. The number of rotatable bonds is 12. The Morgan fingerprint density at radius 2 is 1.50 bits per heavy atom. The van der Waals surface area contributed by atoms with Crippen molar-refractivity contribution in [2.24, 2.45) is 11.8 Å². The molecule has 1 aliphatic carbocycles. The first kappa shape index (κ1) is 52.5. The molecule has 0 spiro atoms. The Morgan fingerprint density at radius 1 is 0.786 bits per heavy atom. The van der Waals surface area contributed by atoms with Gasteiger partial charge in [-0.15, -0.1) is 0 Å². The molecule has 4 saturated heterocycles. The third-order valence-corrected chi connectivity index (χ3v) is 15.0. The largest absolute Gasteiger partial charge is 0.340 e. The summed E-state index contributed by atoms with van der Waals surface area (Å²) in [6.07, 6.45) is 10.9. The number of aromatic nitrogens is 2. The lowest BCUT2D eigenvalue weighted by Crippen LogP contribution is -2.57. The van der Waals surface area contributed by atoms with Crippen LogP contribution in [-0.2, 0) is 16.0 Å². The summed E-state index contributed by atoms with van der Waals surface area (Å²) in [6, 6.07) is 19.1. The van der Waals surface area contributed by atoms with Crippen LogP contribution in [0.2, 0.25) is 0 Å². The van der Waals surface area contributed by atoms with Crippen LogP contribution in [-0.4, -0.2) is 163 Å². The summed E-state index contributed by atoms with van der Waals surface area (Å²) in [5.74, 6) is 1.01. The highest BCUT2D eigenvalue weighted by atomic mass is 19.1. The minimum atomic E-state index is -0.548. The van der Waals surface area contributed by atoms with Crippen molar-refractivity contribution in [1.82, 2.24) is 45.3 Å². The number of piperidine rings is 2. The predicted molar refractivity (Wildman–Crippen MR) is 274 cm³/mol. The highest BCUT2D eigenvalue weighted by Crippen LogP contribution is 2.29. The standard InChI is InChI=1S/C37H59N7O3.C16H11FN2O2.C2H6/c1-40-17-21-43(22-18-40)34(45)28-41-15-12-29(13-16-41)27-42-19-23-44(24-20-42)37(47)35(30-7-3-2-4-8-30)39-36(46)32-10-5-9-31(25-32)33-11-6-14-38-26-33;17-14-6-5-10(7-11(14)9-20)8-15-12-3-1-2-4-13(12)16(21)19-18-15;1-2/h5,9-10,25,29-30,33,35,38H,2-4,6-8,11-24,26-28H2,1H3,(H,39,46);1-7,9H,8H2,(H,19,21);1-2H3. The number of fused-ring (bicyclic) bond motifs is 1. The van der Waals surface area contributed by atoms with E-state index in [2.05, 4.69) is 48.6 Å². The molecule has 4 aliphatic heterocycles. The summed E-state index contributed by atoms with van der Waals surface area (Å²) in [5.41, 5.74) is 3.08. The molecule has 378 valence electrons. The second kappa shape index (κ2) is 26.2. The number of hydrogen-bond donors (Lipinski definition) is 3. The van der Waals surface area contributed by atoms with Gasteiger partial charge in [0.1, 0.15) is 11.9 Å². The molecule has 0 radical (unpaired) electrons. The SMILES string of the molecule is CC.CN1CCN(C(=O)CN2CCC(CN3CCN(C(=O)C(NC(=O)c4cccc(C5CCCNC5)c4)C4CCCCC4)CC3)CC2)CC1.O=Cc1cc(Cc2n[nH]c(=O)c3ccccc23)ccc1F. The summed E-state index contributed by atoms with van der Waals surface area (Å²) in [4.78, 5) is 74.2. The molecule has 4 aromatic rings. The summed E-state index contributed by atoms with van der Waals surface area (Å²) < 4.78 is 13.3. The maximum atomic E-state index is 14.1. The van der Waals surface area contributed by atoms with Crippen LogP contribution in [0.15, 0.2) is 71.5 Å². The number of aldehydes is 1. The molecular formula is C55H76FN9O5. The smallest absolute Gasteiger partial charge is 0.272 e. The number of carbonyl (C=O) groups excluding carboxylic acids is 4.